The van der Waals surface area contributed by atoms with Crippen LogP contribution in [-0.2, 0) is 6.54 Å². The number of hydrogen-bond acceptors (Lipinski definition) is 3. The van der Waals surface area contributed by atoms with Crippen LogP contribution < -0.4 is 17.0 Å². The summed E-state index contributed by atoms with van der Waals surface area (Å²) in [5, 5.41) is 13.6. The van der Waals surface area contributed by atoms with Crippen LogP contribution in [0.5, 0.6) is 0 Å². The molecule has 0 saturated carbocycles. The molecule has 0 bridgehead atoms. The van der Waals surface area contributed by atoms with E-state index in [1.54, 1.807) is 11.3 Å². The third-order valence-corrected chi connectivity index (χ3v) is 2.93. The minimum atomic E-state index is 0. The zero-order chi connectivity index (χ0) is 10.5. The number of rotatable bonds is 3. The summed E-state index contributed by atoms with van der Waals surface area (Å²) in [4.78, 5) is 1.28. The largest absolute Gasteiger partial charge is 1.00 e. The highest BCUT2D eigenvalue weighted by atomic mass is 35.5. The van der Waals surface area contributed by atoms with Crippen molar-refractivity contribution in [2.75, 3.05) is 0 Å². The second-order valence-corrected chi connectivity index (χ2v) is 4.11. The molecule has 0 fully saturated rings. The van der Waals surface area contributed by atoms with E-state index in [-0.39, 0.29) is 12.4 Å². The van der Waals surface area contributed by atoms with E-state index >= 15 is 0 Å². The predicted octanol–water partition coefficient (Wildman–Crippen LogP) is -1.10. The highest BCUT2D eigenvalue weighted by Crippen LogP contribution is 2.07. The van der Waals surface area contributed by atoms with E-state index < -0.39 is 0 Å². The van der Waals surface area contributed by atoms with Gasteiger partial charge in [0, 0.05) is 12.1 Å². The summed E-state index contributed by atoms with van der Waals surface area (Å²) in [6, 6.07) is 9.91. The molecule has 0 aliphatic rings. The van der Waals surface area contributed by atoms with E-state index in [0.717, 1.165) is 12.2 Å². The molecule has 3 nitrogen and oxygen atoms in total. The van der Waals surface area contributed by atoms with E-state index in [1.807, 2.05) is 35.0 Å². The van der Waals surface area contributed by atoms with Gasteiger partial charge in [0.1, 0.15) is 6.21 Å². The Bertz CT molecular complexity index is 457. The lowest BCUT2D eigenvalue weighted by molar-refractivity contribution is -0.688. The van der Waals surface area contributed by atoms with Crippen LogP contribution in [0.4, 0.5) is 0 Å². The molecule has 2 aromatic heterocycles. The maximum absolute atomic E-state index is 8.53. The van der Waals surface area contributed by atoms with E-state index in [9.17, 15) is 0 Å². The van der Waals surface area contributed by atoms with Gasteiger partial charge in [-0.3, -0.25) is 0 Å². The molecule has 2 aromatic rings. The quantitative estimate of drug-likeness (QED) is 0.321. The maximum atomic E-state index is 8.53. The first kappa shape index (κ1) is 12.7. The summed E-state index contributed by atoms with van der Waals surface area (Å²) >= 11 is 1.72. The Labute approximate surface area is 104 Å². The summed E-state index contributed by atoms with van der Waals surface area (Å²) in [6.07, 6.45) is 3.41. The molecule has 1 N–H and O–H groups in total. The molecule has 0 aliphatic carbocycles. The third-order valence-electron chi connectivity index (χ3n) is 2.07. The van der Waals surface area contributed by atoms with Gasteiger partial charge in [0.2, 0.25) is 5.69 Å². The fourth-order valence-electron chi connectivity index (χ4n) is 1.38. The molecule has 0 aromatic carbocycles. The van der Waals surface area contributed by atoms with Gasteiger partial charge in [-0.05, 0) is 17.5 Å². The van der Waals surface area contributed by atoms with Gasteiger partial charge in [-0.1, -0.05) is 11.2 Å². The van der Waals surface area contributed by atoms with Gasteiger partial charge in [-0.2, -0.15) is 4.57 Å². The number of aromatic nitrogens is 1. The van der Waals surface area contributed by atoms with Crippen LogP contribution in [0.1, 0.15) is 10.6 Å². The third kappa shape index (κ3) is 3.05. The number of pyridine rings is 1. The van der Waals surface area contributed by atoms with Gasteiger partial charge in [0.15, 0.2) is 12.7 Å². The Hall–Kier alpha value is -1.39. The molecule has 0 radical (unpaired) electrons. The molecule has 5 heteroatoms. The Balaban J connectivity index is 0.00000128. The van der Waals surface area contributed by atoms with E-state index in [4.69, 9.17) is 5.21 Å². The molecule has 0 saturated heterocycles. The zero-order valence-corrected chi connectivity index (χ0v) is 10.0. The summed E-state index contributed by atoms with van der Waals surface area (Å²) in [6.45, 7) is 0.805. The van der Waals surface area contributed by atoms with Crippen molar-refractivity contribution in [2.45, 2.75) is 6.54 Å². The molecule has 0 unspecified atom stereocenters. The van der Waals surface area contributed by atoms with Crippen LogP contribution in [0.15, 0.2) is 47.1 Å². The molecule has 16 heavy (non-hydrogen) atoms. The lowest BCUT2D eigenvalue weighted by atomic mass is 10.3. The van der Waals surface area contributed by atoms with Crippen molar-refractivity contribution >= 4 is 17.6 Å². The number of halogens is 1. The van der Waals surface area contributed by atoms with Crippen molar-refractivity contribution in [3.8, 4) is 0 Å². The zero-order valence-electron chi connectivity index (χ0n) is 8.45. The minimum absolute atomic E-state index is 0. The smallest absolute Gasteiger partial charge is 0.227 e. The van der Waals surface area contributed by atoms with Crippen LogP contribution in [0, 0.1) is 0 Å². The van der Waals surface area contributed by atoms with Crippen LogP contribution in [0.25, 0.3) is 0 Å². The van der Waals surface area contributed by atoms with E-state index in [1.165, 1.54) is 11.1 Å². The van der Waals surface area contributed by atoms with Gasteiger partial charge < -0.3 is 17.6 Å². The van der Waals surface area contributed by atoms with Gasteiger partial charge in [0.05, 0.1) is 4.88 Å². The van der Waals surface area contributed by atoms with Crippen molar-refractivity contribution in [1.29, 1.82) is 0 Å². The second-order valence-electron chi connectivity index (χ2n) is 3.08. The molecule has 0 spiro atoms. The molecular weight excluding hydrogens is 244 g/mol. The first-order chi connectivity index (χ1) is 7.40. The minimum Gasteiger partial charge on any atom is -1.00 e. The van der Waals surface area contributed by atoms with Gasteiger partial charge in [0.25, 0.3) is 0 Å². The number of thiophene rings is 1. The molecule has 0 amide bonds. The summed E-state index contributed by atoms with van der Waals surface area (Å²) in [5.41, 5.74) is 0.883. The molecule has 0 atom stereocenters. The molecule has 84 valence electrons. The highest BCUT2D eigenvalue weighted by molar-refractivity contribution is 7.09. The predicted molar refractivity (Wildman–Crippen MR) is 59.4 cm³/mol. The SMILES string of the molecule is O/N=C/c1cccc[n+]1Cc1cccs1.[Cl-]. The van der Waals surface area contributed by atoms with E-state index in [0.29, 0.717) is 0 Å². The number of oxime groups is 1. The van der Waals surface area contributed by atoms with Crippen molar-refractivity contribution < 1.29 is 22.2 Å². The normalized spacial score (nSPS) is 10.2. The maximum Gasteiger partial charge on any atom is 0.227 e. The van der Waals surface area contributed by atoms with Crippen molar-refractivity contribution in [3.63, 3.8) is 0 Å². The molecule has 0 aliphatic heterocycles. The average molecular weight is 255 g/mol. The Morgan fingerprint density at radius 3 is 2.88 bits per heavy atom. The van der Waals surface area contributed by atoms with Crippen LogP contribution in [0.2, 0.25) is 0 Å². The average Bonchev–Trinajstić information content (AvgIpc) is 2.74. The standard InChI is InChI=1S/C11H10N2OS.ClH/c14-12-8-10-4-1-2-6-13(10)9-11-5-3-7-15-11;/h1-8H,9H2;1H. The fraction of sp³-hybridized carbons (Fsp3) is 0.0909. The lowest BCUT2D eigenvalue weighted by Gasteiger charge is -1.97. The Kier molecular flexibility index (Phi) is 4.95. The van der Waals surface area contributed by atoms with Gasteiger partial charge >= 0.3 is 0 Å². The first-order valence-corrected chi connectivity index (χ1v) is 5.46. The van der Waals surface area contributed by atoms with Crippen molar-refractivity contribution in [2.24, 2.45) is 5.16 Å². The Morgan fingerprint density at radius 1 is 1.31 bits per heavy atom. The number of hydrogen-bond donors (Lipinski definition) is 1. The topological polar surface area (TPSA) is 36.5 Å². The fourth-order valence-corrected chi connectivity index (χ4v) is 2.08. The van der Waals surface area contributed by atoms with E-state index in [2.05, 4.69) is 16.6 Å². The summed E-state index contributed by atoms with van der Waals surface area (Å²) in [7, 11) is 0. The van der Waals surface area contributed by atoms with Crippen LogP contribution in [0.3, 0.4) is 0 Å². The lowest BCUT2D eigenvalue weighted by Crippen LogP contribution is -3.00. The van der Waals surface area contributed by atoms with Crippen LogP contribution >= 0.6 is 11.3 Å². The second kappa shape index (κ2) is 6.25. The molecule has 2 rings (SSSR count). The van der Waals surface area contributed by atoms with Crippen molar-refractivity contribution in [1.82, 2.24) is 0 Å². The summed E-state index contributed by atoms with van der Waals surface area (Å²) in [5.74, 6) is 0. The van der Waals surface area contributed by atoms with Crippen molar-refractivity contribution in [3.05, 3.63) is 52.5 Å². The van der Waals surface area contributed by atoms with Gasteiger partial charge in [-0.25, -0.2) is 0 Å². The number of nitrogens with zero attached hydrogens (tertiary/aromatic N) is 2. The first-order valence-electron chi connectivity index (χ1n) is 4.58. The van der Waals surface area contributed by atoms with Gasteiger partial charge in [-0.15, -0.1) is 11.3 Å². The summed E-state index contributed by atoms with van der Waals surface area (Å²) < 4.78 is 2.03. The van der Waals surface area contributed by atoms with Crippen LogP contribution in [-0.4, -0.2) is 11.4 Å². The Morgan fingerprint density at radius 2 is 2.19 bits per heavy atom. The monoisotopic (exact) mass is 254 g/mol. The molecular formula is C11H11ClN2OS. The highest BCUT2D eigenvalue weighted by Gasteiger charge is 2.08. The molecule has 2 heterocycles.